The van der Waals surface area contributed by atoms with Crippen LogP contribution in [0.2, 0.25) is 0 Å². The van der Waals surface area contributed by atoms with Crippen molar-refractivity contribution < 1.29 is 4.79 Å². The molecular weight excluding hydrogens is 292 g/mol. The van der Waals surface area contributed by atoms with Gasteiger partial charge in [0.05, 0.1) is 5.25 Å². The molecule has 0 saturated carbocycles. The first-order valence-corrected chi connectivity index (χ1v) is 8.74. The number of likely N-dealkylation sites (tertiary alicyclic amines) is 1. The van der Waals surface area contributed by atoms with Gasteiger partial charge in [0.2, 0.25) is 5.91 Å². The van der Waals surface area contributed by atoms with E-state index in [0.29, 0.717) is 4.77 Å². The Morgan fingerprint density at radius 2 is 2.40 bits per heavy atom. The maximum absolute atomic E-state index is 12.3. The normalized spacial score (nSPS) is 20.9. The van der Waals surface area contributed by atoms with Crippen LogP contribution in [-0.2, 0) is 11.3 Å². The summed E-state index contributed by atoms with van der Waals surface area (Å²) in [6, 6.07) is 0. The fourth-order valence-corrected chi connectivity index (χ4v) is 3.31. The molecule has 1 fully saturated rings. The summed E-state index contributed by atoms with van der Waals surface area (Å²) >= 11 is 6.84. The van der Waals surface area contributed by atoms with Crippen LogP contribution in [-0.4, -0.2) is 50.2 Å². The molecule has 1 saturated heterocycles. The van der Waals surface area contributed by atoms with Crippen molar-refractivity contribution in [3.05, 3.63) is 10.6 Å². The summed E-state index contributed by atoms with van der Waals surface area (Å²) in [7, 11) is 0. The lowest BCUT2D eigenvalue weighted by Gasteiger charge is -2.33. The maximum atomic E-state index is 12.3. The number of hydrogen-bond donors (Lipinski definition) is 1. The highest BCUT2D eigenvalue weighted by atomic mass is 32.2. The summed E-state index contributed by atoms with van der Waals surface area (Å²) in [6.45, 7) is 6.46. The molecule has 1 amide bonds. The van der Waals surface area contributed by atoms with Gasteiger partial charge in [-0.2, -0.15) is 16.9 Å². The van der Waals surface area contributed by atoms with E-state index >= 15 is 0 Å². The molecule has 0 aliphatic carbocycles. The first kappa shape index (κ1) is 15.6. The van der Waals surface area contributed by atoms with Gasteiger partial charge in [-0.25, -0.2) is 0 Å². The lowest BCUT2D eigenvalue weighted by molar-refractivity contribution is -0.131. The third-order valence-electron chi connectivity index (χ3n) is 3.90. The molecule has 0 aromatic carbocycles. The van der Waals surface area contributed by atoms with E-state index in [1.54, 1.807) is 11.8 Å². The number of aromatic nitrogens is 3. The molecule has 2 heterocycles. The van der Waals surface area contributed by atoms with Crippen LogP contribution in [0, 0.1) is 4.77 Å². The summed E-state index contributed by atoms with van der Waals surface area (Å²) in [6.07, 6.45) is 4.07. The fraction of sp³-hybridized carbons (Fsp3) is 0.769. The first-order valence-electron chi connectivity index (χ1n) is 7.05. The molecule has 112 valence electrons. The van der Waals surface area contributed by atoms with Gasteiger partial charge in [0, 0.05) is 25.6 Å². The monoisotopic (exact) mass is 314 g/mol. The Balaban J connectivity index is 2.14. The van der Waals surface area contributed by atoms with E-state index in [-0.39, 0.29) is 17.1 Å². The Bertz CT molecular complexity index is 525. The minimum Gasteiger partial charge on any atom is -0.341 e. The van der Waals surface area contributed by atoms with E-state index in [1.165, 1.54) is 0 Å². The molecule has 7 heteroatoms. The molecule has 5 nitrogen and oxygen atoms in total. The van der Waals surface area contributed by atoms with Gasteiger partial charge in [0.15, 0.2) is 4.77 Å². The second-order valence-electron chi connectivity index (χ2n) is 5.13. The number of H-pyrrole nitrogens is 1. The predicted molar refractivity (Wildman–Crippen MR) is 84.6 cm³/mol. The predicted octanol–water partition coefficient (Wildman–Crippen LogP) is 2.42. The number of hydrogen-bond acceptors (Lipinski definition) is 4. The van der Waals surface area contributed by atoms with Crippen LogP contribution >= 0.6 is 24.0 Å². The SMILES string of the molecule is CCn1c(C2CCCN(C(=O)C(C)SC)C2)n[nH]c1=S. The fourth-order valence-electron chi connectivity index (χ4n) is 2.69. The number of nitrogens with one attached hydrogen (secondary N) is 1. The minimum atomic E-state index is 0.0285. The second-order valence-corrected chi connectivity index (χ2v) is 6.70. The largest absolute Gasteiger partial charge is 0.341 e. The number of aromatic amines is 1. The smallest absolute Gasteiger partial charge is 0.235 e. The van der Waals surface area contributed by atoms with Crippen LogP contribution in [0.4, 0.5) is 0 Å². The average Bonchev–Trinajstić information content (AvgIpc) is 2.86. The van der Waals surface area contributed by atoms with Gasteiger partial charge in [-0.1, -0.05) is 0 Å². The highest BCUT2D eigenvalue weighted by Crippen LogP contribution is 2.27. The summed E-state index contributed by atoms with van der Waals surface area (Å²) in [4.78, 5) is 14.3. The highest BCUT2D eigenvalue weighted by Gasteiger charge is 2.29. The van der Waals surface area contributed by atoms with Gasteiger partial charge in [-0.05, 0) is 45.2 Å². The van der Waals surface area contributed by atoms with Crippen molar-refractivity contribution >= 4 is 29.9 Å². The van der Waals surface area contributed by atoms with Gasteiger partial charge in [-0.15, -0.1) is 0 Å². The number of thioether (sulfide) groups is 1. The number of carbonyl (C=O) groups is 1. The van der Waals surface area contributed by atoms with E-state index in [1.807, 2.05) is 22.6 Å². The van der Waals surface area contributed by atoms with Crippen LogP contribution in [0.1, 0.15) is 38.4 Å². The molecule has 1 aliphatic heterocycles. The molecule has 2 atom stereocenters. The van der Waals surface area contributed by atoms with E-state index in [4.69, 9.17) is 12.2 Å². The first-order chi connectivity index (χ1) is 9.58. The molecule has 0 spiro atoms. The van der Waals surface area contributed by atoms with Gasteiger partial charge in [-0.3, -0.25) is 9.89 Å². The number of amides is 1. The third-order valence-corrected chi connectivity index (χ3v) is 5.12. The van der Waals surface area contributed by atoms with Crippen molar-refractivity contribution in [3.63, 3.8) is 0 Å². The molecule has 1 aliphatic rings. The Morgan fingerprint density at radius 1 is 1.65 bits per heavy atom. The van der Waals surface area contributed by atoms with E-state index in [9.17, 15) is 4.79 Å². The zero-order valence-corrected chi connectivity index (χ0v) is 13.9. The lowest BCUT2D eigenvalue weighted by Crippen LogP contribution is -2.43. The molecular formula is C13H22N4OS2. The van der Waals surface area contributed by atoms with E-state index in [2.05, 4.69) is 17.1 Å². The summed E-state index contributed by atoms with van der Waals surface area (Å²) in [5.41, 5.74) is 0. The minimum absolute atomic E-state index is 0.0285. The summed E-state index contributed by atoms with van der Waals surface area (Å²) < 4.78 is 2.70. The van der Waals surface area contributed by atoms with Gasteiger partial charge in [0.25, 0.3) is 0 Å². The molecule has 0 radical (unpaired) electrons. The van der Waals surface area contributed by atoms with Crippen LogP contribution in [0.5, 0.6) is 0 Å². The van der Waals surface area contributed by atoms with Crippen molar-refractivity contribution in [2.24, 2.45) is 0 Å². The Kier molecular flexibility index (Phi) is 5.26. The van der Waals surface area contributed by atoms with Crippen molar-refractivity contribution in [2.45, 2.75) is 44.4 Å². The Labute approximate surface area is 129 Å². The summed E-state index contributed by atoms with van der Waals surface area (Å²) in [5.74, 6) is 1.51. The summed E-state index contributed by atoms with van der Waals surface area (Å²) in [5, 5.41) is 7.27. The highest BCUT2D eigenvalue weighted by molar-refractivity contribution is 7.99. The quantitative estimate of drug-likeness (QED) is 0.867. The molecule has 20 heavy (non-hydrogen) atoms. The zero-order chi connectivity index (χ0) is 14.7. The topological polar surface area (TPSA) is 53.9 Å². The van der Waals surface area contributed by atoms with Gasteiger partial charge < -0.3 is 9.47 Å². The molecule has 2 unspecified atom stereocenters. The average molecular weight is 314 g/mol. The number of rotatable bonds is 4. The van der Waals surface area contributed by atoms with Crippen molar-refractivity contribution in [3.8, 4) is 0 Å². The van der Waals surface area contributed by atoms with Crippen molar-refractivity contribution in [1.82, 2.24) is 19.7 Å². The second kappa shape index (κ2) is 6.76. The Morgan fingerprint density at radius 3 is 3.05 bits per heavy atom. The number of piperidine rings is 1. The molecule has 1 aromatic rings. The number of nitrogens with zero attached hydrogens (tertiary/aromatic N) is 3. The molecule has 2 rings (SSSR count). The zero-order valence-electron chi connectivity index (χ0n) is 12.3. The van der Waals surface area contributed by atoms with Gasteiger partial charge in [0.1, 0.15) is 5.82 Å². The van der Waals surface area contributed by atoms with E-state index < -0.39 is 0 Å². The van der Waals surface area contributed by atoms with Crippen molar-refractivity contribution in [1.29, 1.82) is 0 Å². The molecule has 0 bridgehead atoms. The third kappa shape index (κ3) is 3.09. The number of carbonyl (C=O) groups excluding carboxylic acids is 1. The maximum Gasteiger partial charge on any atom is 0.235 e. The molecule has 1 N–H and O–H groups in total. The van der Waals surface area contributed by atoms with Gasteiger partial charge >= 0.3 is 0 Å². The standard InChI is InChI=1S/C13H22N4OS2/c1-4-17-11(14-15-13(17)19)10-6-5-7-16(8-10)12(18)9(2)20-3/h9-10H,4-8H2,1-3H3,(H,15,19). The van der Waals surface area contributed by atoms with Crippen LogP contribution < -0.4 is 0 Å². The Hall–Kier alpha value is -0.820. The van der Waals surface area contributed by atoms with Crippen LogP contribution in [0.3, 0.4) is 0 Å². The van der Waals surface area contributed by atoms with Crippen LogP contribution in [0.15, 0.2) is 0 Å². The van der Waals surface area contributed by atoms with Crippen molar-refractivity contribution in [2.75, 3.05) is 19.3 Å². The van der Waals surface area contributed by atoms with Crippen LogP contribution in [0.25, 0.3) is 0 Å². The molecule has 1 aromatic heterocycles. The van der Waals surface area contributed by atoms with E-state index in [0.717, 1.165) is 38.3 Å². The lowest BCUT2D eigenvalue weighted by atomic mass is 9.97.